The average Bonchev–Trinajstić information content (AvgIpc) is 3.10. The van der Waals surface area contributed by atoms with Gasteiger partial charge in [0.15, 0.2) is 0 Å². The third-order valence-electron chi connectivity index (χ3n) is 7.41. The molecule has 224 valence electrons. The molecule has 2 unspecified atom stereocenters. The highest BCUT2D eigenvalue weighted by molar-refractivity contribution is 7.99. The fourth-order valence-corrected chi connectivity index (χ4v) is 8.17. The van der Waals surface area contributed by atoms with Gasteiger partial charge in [-0.3, -0.25) is 0 Å². The zero-order valence-electron chi connectivity index (χ0n) is 25.2. The van der Waals surface area contributed by atoms with Crippen molar-refractivity contribution in [2.75, 3.05) is 0 Å². The van der Waals surface area contributed by atoms with Crippen molar-refractivity contribution in [1.82, 2.24) is 4.67 Å². The summed E-state index contributed by atoms with van der Waals surface area (Å²) in [6.07, 6.45) is 0. The number of benzene rings is 6. The van der Waals surface area contributed by atoms with Crippen molar-refractivity contribution < 1.29 is 9.05 Å². The quantitative estimate of drug-likeness (QED) is 0.0940. The van der Waals surface area contributed by atoms with Crippen LogP contribution in [0.15, 0.2) is 181 Å². The first kappa shape index (κ1) is 30.7. The summed E-state index contributed by atoms with van der Waals surface area (Å²) in [5.74, 6) is 1.54. The van der Waals surface area contributed by atoms with Crippen LogP contribution in [-0.4, -0.2) is 4.67 Å². The molecule has 0 saturated heterocycles. The Morgan fingerprint density at radius 3 is 1.49 bits per heavy atom. The van der Waals surface area contributed by atoms with E-state index in [0.717, 1.165) is 11.5 Å². The van der Waals surface area contributed by atoms with Gasteiger partial charge >= 0.3 is 8.53 Å². The van der Waals surface area contributed by atoms with Crippen molar-refractivity contribution in [2.45, 2.75) is 29.7 Å². The van der Waals surface area contributed by atoms with Crippen molar-refractivity contribution in [3.05, 3.63) is 198 Å². The molecule has 0 aliphatic heterocycles. The standard InChI is InChI=1S/C40H36NO2PS/c1-32-27-29-38(30-28-32)45-40(35-21-11-4-12-22-35)39(34-19-9-3-10-20-34)41(31-33-17-7-2-8-18-33)44(42-36-23-13-5-14-24-36)43-37-25-15-6-16-26-37/h2-30,39-40H,31H2,1H3. The van der Waals surface area contributed by atoms with Crippen LogP contribution in [0.2, 0.25) is 0 Å². The van der Waals surface area contributed by atoms with Crippen molar-refractivity contribution in [3.8, 4) is 11.5 Å². The zero-order chi connectivity index (χ0) is 30.7. The predicted octanol–water partition coefficient (Wildman–Crippen LogP) is 11.5. The summed E-state index contributed by atoms with van der Waals surface area (Å²) in [4.78, 5) is 1.22. The van der Waals surface area contributed by atoms with Gasteiger partial charge in [-0.05, 0) is 60.0 Å². The fourth-order valence-electron chi connectivity index (χ4n) is 5.17. The second-order valence-electron chi connectivity index (χ2n) is 10.7. The van der Waals surface area contributed by atoms with Gasteiger partial charge in [0.25, 0.3) is 0 Å². The Hall–Kier alpha value is -4.34. The van der Waals surface area contributed by atoms with Crippen LogP contribution in [0.25, 0.3) is 0 Å². The molecule has 6 aromatic rings. The maximum atomic E-state index is 6.87. The van der Waals surface area contributed by atoms with Crippen LogP contribution < -0.4 is 9.05 Å². The molecule has 0 saturated carbocycles. The summed E-state index contributed by atoms with van der Waals surface area (Å²) in [7, 11) is -1.65. The Balaban J connectivity index is 1.53. The van der Waals surface area contributed by atoms with Crippen LogP contribution in [0, 0.1) is 6.92 Å². The lowest BCUT2D eigenvalue weighted by atomic mass is 9.97. The highest BCUT2D eigenvalue weighted by Gasteiger charge is 2.39. The molecule has 2 atom stereocenters. The van der Waals surface area contributed by atoms with Crippen LogP contribution in [0.4, 0.5) is 0 Å². The third kappa shape index (κ3) is 8.44. The molecule has 0 spiro atoms. The second kappa shape index (κ2) is 15.6. The molecule has 0 aliphatic carbocycles. The molecule has 6 rings (SSSR count). The Morgan fingerprint density at radius 2 is 0.978 bits per heavy atom. The number of rotatable bonds is 13. The summed E-state index contributed by atoms with van der Waals surface area (Å²) >= 11 is 1.88. The Labute approximate surface area is 272 Å². The first-order valence-corrected chi connectivity index (χ1v) is 17.1. The SMILES string of the molecule is Cc1ccc(SC(c2ccccc2)C(c2ccccc2)N(Cc2ccccc2)P(Oc2ccccc2)Oc2ccccc2)cc1. The maximum Gasteiger partial charge on any atom is 0.385 e. The average molecular weight is 626 g/mol. The molecule has 0 heterocycles. The molecular formula is C40H36NO2PS. The van der Waals surface area contributed by atoms with Gasteiger partial charge < -0.3 is 9.05 Å². The monoisotopic (exact) mass is 625 g/mol. The highest BCUT2D eigenvalue weighted by atomic mass is 32.2. The Bertz CT molecular complexity index is 1670. The molecule has 6 aromatic carbocycles. The minimum Gasteiger partial charge on any atom is -0.427 e. The van der Waals surface area contributed by atoms with Crippen molar-refractivity contribution in [2.24, 2.45) is 0 Å². The van der Waals surface area contributed by atoms with E-state index in [1.807, 2.05) is 72.4 Å². The highest BCUT2D eigenvalue weighted by Crippen LogP contribution is 2.56. The topological polar surface area (TPSA) is 21.7 Å². The van der Waals surface area contributed by atoms with Gasteiger partial charge in [-0.25, -0.2) is 4.67 Å². The molecule has 5 heteroatoms. The normalized spacial score (nSPS) is 12.5. The van der Waals surface area contributed by atoms with Gasteiger partial charge in [0.05, 0.1) is 11.3 Å². The summed E-state index contributed by atoms with van der Waals surface area (Å²) in [6.45, 7) is 2.76. The summed E-state index contributed by atoms with van der Waals surface area (Å²) in [5, 5.41) is 0.0174. The van der Waals surface area contributed by atoms with Crippen LogP contribution in [0.1, 0.15) is 33.5 Å². The summed E-state index contributed by atoms with van der Waals surface area (Å²) in [5.41, 5.74) is 4.87. The number of hydrogen-bond acceptors (Lipinski definition) is 4. The molecule has 3 nitrogen and oxygen atoms in total. The Kier molecular flexibility index (Phi) is 10.6. The number of hydrogen-bond donors (Lipinski definition) is 0. The van der Waals surface area contributed by atoms with E-state index in [4.69, 9.17) is 9.05 Å². The van der Waals surface area contributed by atoms with E-state index in [1.165, 1.54) is 27.1 Å². The molecule has 0 aromatic heterocycles. The first-order chi connectivity index (χ1) is 22.2. The Morgan fingerprint density at radius 1 is 0.533 bits per heavy atom. The smallest absolute Gasteiger partial charge is 0.385 e. The maximum absolute atomic E-state index is 6.87. The van der Waals surface area contributed by atoms with E-state index in [1.54, 1.807) is 0 Å². The lowest BCUT2D eigenvalue weighted by molar-refractivity contribution is 0.274. The van der Waals surface area contributed by atoms with Gasteiger partial charge in [-0.15, -0.1) is 11.8 Å². The van der Waals surface area contributed by atoms with Crippen molar-refractivity contribution in [1.29, 1.82) is 0 Å². The predicted molar refractivity (Wildman–Crippen MR) is 188 cm³/mol. The van der Waals surface area contributed by atoms with Gasteiger partial charge in [0, 0.05) is 11.4 Å². The van der Waals surface area contributed by atoms with E-state index >= 15 is 0 Å². The number of thioether (sulfide) groups is 1. The van der Waals surface area contributed by atoms with E-state index in [-0.39, 0.29) is 11.3 Å². The van der Waals surface area contributed by atoms with Crippen LogP contribution in [0.5, 0.6) is 11.5 Å². The van der Waals surface area contributed by atoms with Crippen LogP contribution in [0.3, 0.4) is 0 Å². The van der Waals surface area contributed by atoms with Crippen LogP contribution >= 0.6 is 20.3 Å². The van der Waals surface area contributed by atoms with E-state index in [0.29, 0.717) is 6.54 Å². The van der Waals surface area contributed by atoms with Gasteiger partial charge in [-0.2, -0.15) is 0 Å². The van der Waals surface area contributed by atoms with Gasteiger partial charge in [0.2, 0.25) is 0 Å². The number of aryl methyl sites for hydroxylation is 1. The largest absolute Gasteiger partial charge is 0.427 e. The van der Waals surface area contributed by atoms with Gasteiger partial charge in [-0.1, -0.05) is 145 Å². The molecule has 0 amide bonds. The van der Waals surface area contributed by atoms with Crippen LogP contribution in [-0.2, 0) is 6.54 Å². The molecule has 0 fully saturated rings. The summed E-state index contributed by atoms with van der Waals surface area (Å²) < 4.78 is 16.2. The van der Waals surface area contributed by atoms with Crippen molar-refractivity contribution >= 4 is 20.3 Å². The molecule has 45 heavy (non-hydrogen) atoms. The van der Waals surface area contributed by atoms with E-state index in [9.17, 15) is 0 Å². The molecule has 0 radical (unpaired) electrons. The van der Waals surface area contributed by atoms with Gasteiger partial charge in [0.1, 0.15) is 11.5 Å². The zero-order valence-corrected chi connectivity index (χ0v) is 26.9. The van der Waals surface area contributed by atoms with Crippen molar-refractivity contribution in [3.63, 3.8) is 0 Å². The lowest BCUT2D eigenvalue weighted by Gasteiger charge is -2.40. The molecule has 0 N–H and O–H groups in total. The molecule has 0 bridgehead atoms. The van der Waals surface area contributed by atoms with E-state index < -0.39 is 8.53 Å². The minimum absolute atomic E-state index is 0.0174. The van der Waals surface area contributed by atoms with E-state index in [2.05, 4.69) is 127 Å². The molecule has 0 aliphatic rings. The lowest BCUT2D eigenvalue weighted by Crippen LogP contribution is -2.31. The first-order valence-electron chi connectivity index (χ1n) is 15.1. The second-order valence-corrected chi connectivity index (χ2v) is 13.3. The third-order valence-corrected chi connectivity index (χ3v) is 10.3. The fraction of sp³-hybridized carbons (Fsp3) is 0.100. The number of nitrogens with zero attached hydrogens (tertiary/aromatic N) is 1. The summed E-state index contributed by atoms with van der Waals surface area (Å²) in [6, 6.07) is 60.9. The number of para-hydroxylation sites is 2. The minimum atomic E-state index is -1.65. The molecular weight excluding hydrogens is 589 g/mol.